The van der Waals surface area contributed by atoms with Gasteiger partial charge in [0.2, 0.25) is 5.78 Å². The molecule has 0 aliphatic heterocycles. The van der Waals surface area contributed by atoms with E-state index < -0.39 is 0 Å². The highest BCUT2D eigenvalue weighted by Crippen LogP contribution is 2.33. The minimum atomic E-state index is -0.291. The molecule has 1 aromatic heterocycles. The number of carbonyl (C=O) groups is 2. The fraction of sp³-hybridized carbons (Fsp3) is 0.0833. The number of hydrogen-bond acceptors (Lipinski definition) is 3. The first-order valence-electron chi connectivity index (χ1n) is 8.99. The van der Waals surface area contributed by atoms with Gasteiger partial charge < -0.3 is 4.42 Å². The molecule has 5 heteroatoms. The van der Waals surface area contributed by atoms with E-state index in [1.54, 1.807) is 18.2 Å². The van der Waals surface area contributed by atoms with Crippen LogP contribution in [0.2, 0.25) is 10.0 Å². The lowest BCUT2D eigenvalue weighted by atomic mass is 9.99. The molecule has 3 nitrogen and oxygen atoms in total. The van der Waals surface area contributed by atoms with Crippen LogP contribution < -0.4 is 0 Å². The standard InChI is InChI=1S/C24H16Cl2O3/c1-13-19-8-6-17(16-5-3-4-15(10-16)14(2)27)11-22(19)29-24(13)23(28)20-9-7-18(25)12-21(20)26/h3-12H,1-2H3. The predicted molar refractivity (Wildman–Crippen MR) is 116 cm³/mol. The summed E-state index contributed by atoms with van der Waals surface area (Å²) >= 11 is 12.1. The first kappa shape index (κ1) is 19.4. The highest BCUT2D eigenvalue weighted by atomic mass is 35.5. The smallest absolute Gasteiger partial charge is 0.229 e. The fourth-order valence-electron chi connectivity index (χ4n) is 3.34. The van der Waals surface area contributed by atoms with Crippen molar-refractivity contribution < 1.29 is 14.0 Å². The Balaban J connectivity index is 1.79. The van der Waals surface area contributed by atoms with Gasteiger partial charge in [0.15, 0.2) is 11.5 Å². The zero-order chi connectivity index (χ0) is 20.7. The highest BCUT2D eigenvalue weighted by molar-refractivity contribution is 6.37. The number of rotatable bonds is 4. The Kier molecular flexibility index (Phi) is 5.03. The van der Waals surface area contributed by atoms with E-state index in [0.717, 1.165) is 22.1 Å². The fourth-order valence-corrected chi connectivity index (χ4v) is 3.83. The van der Waals surface area contributed by atoms with Gasteiger partial charge in [-0.05, 0) is 55.3 Å². The number of hydrogen-bond donors (Lipinski definition) is 0. The monoisotopic (exact) mass is 422 g/mol. The van der Waals surface area contributed by atoms with Gasteiger partial charge in [-0.1, -0.05) is 53.5 Å². The molecule has 4 aromatic rings. The molecule has 0 aliphatic rings. The second-order valence-electron chi connectivity index (χ2n) is 6.86. The average molecular weight is 423 g/mol. The van der Waals surface area contributed by atoms with Crippen molar-refractivity contribution in [3.05, 3.63) is 93.2 Å². The van der Waals surface area contributed by atoms with E-state index in [0.29, 0.717) is 21.7 Å². The van der Waals surface area contributed by atoms with Gasteiger partial charge in [0.1, 0.15) is 5.58 Å². The molecule has 0 radical (unpaired) electrons. The van der Waals surface area contributed by atoms with Crippen molar-refractivity contribution in [1.82, 2.24) is 0 Å². The Morgan fingerprint density at radius 1 is 0.897 bits per heavy atom. The number of furan rings is 1. The summed E-state index contributed by atoms with van der Waals surface area (Å²) in [6, 6.07) is 17.9. The zero-order valence-corrected chi connectivity index (χ0v) is 17.3. The van der Waals surface area contributed by atoms with Crippen LogP contribution in [0.1, 0.15) is 39.0 Å². The number of Topliss-reactive ketones (excluding diaryl/α,β-unsaturated/α-hetero) is 1. The van der Waals surface area contributed by atoms with E-state index in [4.69, 9.17) is 27.6 Å². The van der Waals surface area contributed by atoms with Crippen molar-refractivity contribution in [2.75, 3.05) is 0 Å². The highest BCUT2D eigenvalue weighted by Gasteiger charge is 2.21. The maximum atomic E-state index is 13.0. The summed E-state index contributed by atoms with van der Waals surface area (Å²) in [6.07, 6.45) is 0. The molecule has 144 valence electrons. The van der Waals surface area contributed by atoms with Crippen LogP contribution in [0.15, 0.2) is 65.1 Å². The summed E-state index contributed by atoms with van der Waals surface area (Å²) in [5.41, 5.74) is 4.14. The first-order chi connectivity index (χ1) is 13.8. The summed E-state index contributed by atoms with van der Waals surface area (Å²) in [5, 5.41) is 1.60. The second-order valence-corrected chi connectivity index (χ2v) is 7.70. The van der Waals surface area contributed by atoms with E-state index >= 15 is 0 Å². The van der Waals surface area contributed by atoms with Crippen LogP contribution in [0.25, 0.3) is 22.1 Å². The Bertz CT molecular complexity index is 1280. The number of carbonyl (C=O) groups excluding carboxylic acids is 2. The SMILES string of the molecule is CC(=O)c1cccc(-c2ccc3c(C)c(C(=O)c4ccc(Cl)cc4Cl)oc3c2)c1. The quantitative estimate of drug-likeness (QED) is 0.328. The van der Waals surface area contributed by atoms with Crippen LogP contribution in [0.4, 0.5) is 0 Å². The van der Waals surface area contributed by atoms with Crippen molar-refractivity contribution in [2.45, 2.75) is 13.8 Å². The number of halogens is 2. The molecule has 0 saturated heterocycles. The molecule has 3 aromatic carbocycles. The molecule has 0 fully saturated rings. The van der Waals surface area contributed by atoms with E-state index in [2.05, 4.69) is 0 Å². The second kappa shape index (κ2) is 7.51. The van der Waals surface area contributed by atoms with Gasteiger partial charge in [-0.25, -0.2) is 0 Å². The van der Waals surface area contributed by atoms with Crippen molar-refractivity contribution in [1.29, 1.82) is 0 Å². The van der Waals surface area contributed by atoms with Gasteiger partial charge in [0.25, 0.3) is 0 Å². The maximum Gasteiger partial charge on any atom is 0.229 e. The molecule has 0 bridgehead atoms. The number of fused-ring (bicyclic) bond motifs is 1. The minimum Gasteiger partial charge on any atom is -0.452 e. The van der Waals surface area contributed by atoms with Crippen LogP contribution in [-0.2, 0) is 0 Å². The van der Waals surface area contributed by atoms with Gasteiger partial charge in [-0.3, -0.25) is 9.59 Å². The first-order valence-corrected chi connectivity index (χ1v) is 9.75. The Labute approximate surface area is 177 Å². The average Bonchev–Trinajstić information content (AvgIpc) is 3.03. The molecule has 1 heterocycles. The lowest BCUT2D eigenvalue weighted by molar-refractivity contribution is 0.100. The van der Waals surface area contributed by atoms with Crippen LogP contribution in [0.5, 0.6) is 0 Å². The van der Waals surface area contributed by atoms with Gasteiger partial charge in [-0.15, -0.1) is 0 Å². The Morgan fingerprint density at radius 3 is 2.38 bits per heavy atom. The predicted octanol–water partition coefficient (Wildman–Crippen LogP) is 7.15. The summed E-state index contributed by atoms with van der Waals surface area (Å²) in [4.78, 5) is 24.7. The van der Waals surface area contributed by atoms with E-state index in [1.165, 1.54) is 13.0 Å². The van der Waals surface area contributed by atoms with Gasteiger partial charge in [-0.2, -0.15) is 0 Å². The molecule has 0 spiro atoms. The lowest BCUT2D eigenvalue weighted by Crippen LogP contribution is -2.02. The topological polar surface area (TPSA) is 47.3 Å². The summed E-state index contributed by atoms with van der Waals surface area (Å²) in [5.74, 6) is -0.0335. The van der Waals surface area contributed by atoms with Crippen molar-refractivity contribution in [3.8, 4) is 11.1 Å². The molecule has 0 saturated carbocycles. The number of aryl methyl sites for hydroxylation is 1. The summed E-state index contributed by atoms with van der Waals surface area (Å²) < 4.78 is 5.93. The molecular formula is C24H16Cl2O3. The third-order valence-corrected chi connectivity index (χ3v) is 5.47. The normalized spacial score (nSPS) is 11.0. The lowest BCUT2D eigenvalue weighted by Gasteiger charge is -2.03. The maximum absolute atomic E-state index is 13.0. The molecule has 4 rings (SSSR count). The van der Waals surface area contributed by atoms with Crippen molar-refractivity contribution in [2.24, 2.45) is 0 Å². The van der Waals surface area contributed by atoms with Gasteiger partial charge in [0.05, 0.1) is 5.02 Å². The van der Waals surface area contributed by atoms with E-state index in [1.807, 2.05) is 43.3 Å². The molecule has 0 unspecified atom stereocenters. The molecule has 0 amide bonds. The number of benzene rings is 3. The van der Waals surface area contributed by atoms with Crippen LogP contribution in [0, 0.1) is 6.92 Å². The molecule has 0 N–H and O–H groups in total. The van der Waals surface area contributed by atoms with Gasteiger partial charge in [0, 0.05) is 27.1 Å². The largest absolute Gasteiger partial charge is 0.452 e. The molecular weight excluding hydrogens is 407 g/mol. The molecule has 0 atom stereocenters. The van der Waals surface area contributed by atoms with Crippen LogP contribution >= 0.6 is 23.2 Å². The summed E-state index contributed by atoms with van der Waals surface area (Å²) in [7, 11) is 0. The Morgan fingerprint density at radius 2 is 1.66 bits per heavy atom. The third kappa shape index (κ3) is 3.59. The molecule has 0 aliphatic carbocycles. The van der Waals surface area contributed by atoms with Crippen molar-refractivity contribution in [3.63, 3.8) is 0 Å². The van der Waals surface area contributed by atoms with Crippen LogP contribution in [0.3, 0.4) is 0 Å². The third-order valence-electron chi connectivity index (χ3n) is 4.92. The zero-order valence-electron chi connectivity index (χ0n) is 15.8. The van der Waals surface area contributed by atoms with Crippen molar-refractivity contribution >= 4 is 45.7 Å². The Hall–Kier alpha value is -2.88. The van der Waals surface area contributed by atoms with Crippen LogP contribution in [-0.4, -0.2) is 11.6 Å². The minimum absolute atomic E-state index is 0.00879. The summed E-state index contributed by atoms with van der Waals surface area (Å²) in [6.45, 7) is 3.39. The van der Waals surface area contributed by atoms with E-state index in [-0.39, 0.29) is 22.3 Å². The number of ketones is 2. The van der Waals surface area contributed by atoms with E-state index in [9.17, 15) is 9.59 Å². The molecule has 29 heavy (non-hydrogen) atoms. The van der Waals surface area contributed by atoms with Gasteiger partial charge >= 0.3 is 0 Å².